The van der Waals surface area contributed by atoms with E-state index < -0.39 is 0 Å². The van der Waals surface area contributed by atoms with Gasteiger partial charge in [-0.3, -0.25) is 14.5 Å². The monoisotopic (exact) mass is 336 g/mol. The molecule has 5 heteroatoms. The molecule has 0 aliphatic carbocycles. The largest absolute Gasteiger partial charge is 0.324 e. The molecule has 130 valence electrons. The fraction of sp³-hybridized carbons (Fsp3) is 0.350. The Hall–Kier alpha value is -2.69. The van der Waals surface area contributed by atoms with E-state index in [1.165, 1.54) is 0 Å². The van der Waals surface area contributed by atoms with Gasteiger partial charge in [-0.15, -0.1) is 0 Å². The number of nitrogens with one attached hydrogen (secondary N) is 1. The van der Waals surface area contributed by atoms with Gasteiger partial charge in [-0.2, -0.15) is 5.10 Å². The molecule has 2 heterocycles. The molecule has 0 radical (unpaired) electrons. The van der Waals surface area contributed by atoms with E-state index in [2.05, 4.69) is 29.2 Å². The van der Waals surface area contributed by atoms with E-state index in [0.717, 1.165) is 40.1 Å². The van der Waals surface area contributed by atoms with Crippen LogP contribution in [0.25, 0.3) is 10.9 Å². The zero-order chi connectivity index (χ0) is 18.0. The number of carbonyl (C=O) groups excluding carboxylic acids is 1. The van der Waals surface area contributed by atoms with Gasteiger partial charge in [-0.1, -0.05) is 32.0 Å². The zero-order valence-electron chi connectivity index (χ0n) is 15.2. The first-order valence-electron chi connectivity index (χ1n) is 8.62. The lowest BCUT2D eigenvalue weighted by atomic mass is 10.1. The summed E-state index contributed by atoms with van der Waals surface area (Å²) in [5, 5.41) is 8.60. The fourth-order valence-electron chi connectivity index (χ4n) is 3.07. The van der Waals surface area contributed by atoms with Gasteiger partial charge in [0.2, 0.25) is 5.91 Å². The Morgan fingerprint density at radius 3 is 2.72 bits per heavy atom. The molecule has 0 unspecified atom stereocenters. The summed E-state index contributed by atoms with van der Waals surface area (Å²) < 4.78 is 2.00. The standard InChI is InChI=1S/C20H24N4O/c1-13(2)12-24-15(4)17(14(3)23-24)11-19(25)22-18-9-5-7-16-8-6-10-21-20(16)18/h5-10,13H,11-12H2,1-4H3,(H,22,25). The molecule has 5 nitrogen and oxygen atoms in total. The maximum atomic E-state index is 12.6. The minimum Gasteiger partial charge on any atom is -0.324 e. The summed E-state index contributed by atoms with van der Waals surface area (Å²) in [7, 11) is 0. The van der Waals surface area contributed by atoms with Crippen LogP contribution in [0.3, 0.4) is 0 Å². The maximum absolute atomic E-state index is 12.6. The Kier molecular flexibility index (Phi) is 4.83. The van der Waals surface area contributed by atoms with Crippen molar-refractivity contribution in [3.63, 3.8) is 0 Å². The van der Waals surface area contributed by atoms with Crippen molar-refractivity contribution in [2.24, 2.45) is 5.92 Å². The van der Waals surface area contributed by atoms with E-state index in [1.807, 2.05) is 48.9 Å². The van der Waals surface area contributed by atoms with Crippen LogP contribution < -0.4 is 5.32 Å². The second-order valence-electron chi connectivity index (χ2n) is 6.83. The van der Waals surface area contributed by atoms with E-state index in [1.54, 1.807) is 6.20 Å². The van der Waals surface area contributed by atoms with Gasteiger partial charge in [0.25, 0.3) is 0 Å². The minimum atomic E-state index is -0.0477. The molecule has 3 aromatic rings. The molecule has 25 heavy (non-hydrogen) atoms. The van der Waals surface area contributed by atoms with Crippen molar-refractivity contribution in [1.29, 1.82) is 0 Å². The Bertz CT molecular complexity index is 906. The summed E-state index contributed by atoms with van der Waals surface area (Å²) in [4.78, 5) is 17.0. The SMILES string of the molecule is Cc1nn(CC(C)C)c(C)c1CC(=O)Nc1cccc2cccnc12. The van der Waals surface area contributed by atoms with Gasteiger partial charge < -0.3 is 5.32 Å². The van der Waals surface area contributed by atoms with Crippen molar-refractivity contribution in [2.45, 2.75) is 40.7 Å². The molecule has 0 fully saturated rings. The van der Waals surface area contributed by atoms with Crippen LogP contribution in [0.5, 0.6) is 0 Å². The third-order valence-corrected chi connectivity index (χ3v) is 4.31. The van der Waals surface area contributed by atoms with Crippen LogP contribution in [0.4, 0.5) is 5.69 Å². The molecule has 1 aromatic carbocycles. The van der Waals surface area contributed by atoms with E-state index in [-0.39, 0.29) is 5.91 Å². The van der Waals surface area contributed by atoms with Gasteiger partial charge in [0.1, 0.15) is 0 Å². The molecular weight excluding hydrogens is 312 g/mol. The molecule has 2 aromatic heterocycles. The maximum Gasteiger partial charge on any atom is 0.228 e. The van der Waals surface area contributed by atoms with E-state index in [0.29, 0.717) is 12.3 Å². The third-order valence-electron chi connectivity index (χ3n) is 4.31. The van der Waals surface area contributed by atoms with Crippen LogP contribution in [0, 0.1) is 19.8 Å². The number of amides is 1. The first-order valence-corrected chi connectivity index (χ1v) is 8.62. The van der Waals surface area contributed by atoms with Crippen LogP contribution in [-0.2, 0) is 17.8 Å². The molecule has 0 spiro atoms. The van der Waals surface area contributed by atoms with Gasteiger partial charge in [0, 0.05) is 29.4 Å². The van der Waals surface area contributed by atoms with Crippen LogP contribution in [0.2, 0.25) is 0 Å². The number of aryl methyl sites for hydroxylation is 1. The number of fused-ring (bicyclic) bond motifs is 1. The van der Waals surface area contributed by atoms with E-state index in [4.69, 9.17) is 0 Å². The lowest BCUT2D eigenvalue weighted by Gasteiger charge is -2.09. The quantitative estimate of drug-likeness (QED) is 0.769. The van der Waals surface area contributed by atoms with Crippen molar-refractivity contribution < 1.29 is 4.79 Å². The number of hydrogen-bond acceptors (Lipinski definition) is 3. The number of carbonyl (C=O) groups is 1. The van der Waals surface area contributed by atoms with Crippen LogP contribution in [0.15, 0.2) is 36.5 Å². The van der Waals surface area contributed by atoms with Crippen molar-refractivity contribution in [3.05, 3.63) is 53.5 Å². The highest BCUT2D eigenvalue weighted by Crippen LogP contribution is 2.21. The van der Waals surface area contributed by atoms with Gasteiger partial charge in [0.05, 0.1) is 23.3 Å². The Morgan fingerprint density at radius 1 is 1.20 bits per heavy atom. The molecule has 0 aliphatic heterocycles. The number of nitrogens with zero attached hydrogens (tertiary/aromatic N) is 3. The summed E-state index contributed by atoms with van der Waals surface area (Å²) in [6.07, 6.45) is 2.06. The van der Waals surface area contributed by atoms with Gasteiger partial charge >= 0.3 is 0 Å². The first kappa shape index (κ1) is 17.1. The molecular formula is C20H24N4O. The highest BCUT2D eigenvalue weighted by Gasteiger charge is 2.16. The van der Waals surface area contributed by atoms with Crippen molar-refractivity contribution in [2.75, 3.05) is 5.32 Å². The van der Waals surface area contributed by atoms with Crippen LogP contribution >= 0.6 is 0 Å². The molecule has 0 aliphatic rings. The summed E-state index contributed by atoms with van der Waals surface area (Å²) in [5.41, 5.74) is 4.54. The van der Waals surface area contributed by atoms with Crippen molar-refractivity contribution >= 4 is 22.5 Å². The van der Waals surface area contributed by atoms with Gasteiger partial charge in [0.15, 0.2) is 0 Å². The number of pyridine rings is 1. The number of anilines is 1. The molecule has 0 saturated carbocycles. The number of aromatic nitrogens is 3. The molecule has 1 N–H and O–H groups in total. The van der Waals surface area contributed by atoms with E-state index in [9.17, 15) is 4.79 Å². The van der Waals surface area contributed by atoms with E-state index >= 15 is 0 Å². The van der Waals surface area contributed by atoms with Gasteiger partial charge in [-0.25, -0.2) is 0 Å². The van der Waals surface area contributed by atoms with Gasteiger partial charge in [-0.05, 0) is 31.9 Å². The first-order chi connectivity index (χ1) is 12.0. The second kappa shape index (κ2) is 7.05. The lowest BCUT2D eigenvalue weighted by molar-refractivity contribution is -0.115. The summed E-state index contributed by atoms with van der Waals surface area (Å²) in [6.45, 7) is 9.19. The fourth-order valence-corrected chi connectivity index (χ4v) is 3.07. The Morgan fingerprint density at radius 2 is 1.96 bits per heavy atom. The summed E-state index contributed by atoms with van der Waals surface area (Å²) in [5.74, 6) is 0.467. The predicted molar refractivity (Wildman–Crippen MR) is 101 cm³/mol. The average Bonchev–Trinajstić information content (AvgIpc) is 2.82. The summed E-state index contributed by atoms with van der Waals surface area (Å²) >= 11 is 0. The smallest absolute Gasteiger partial charge is 0.228 e. The second-order valence-corrected chi connectivity index (χ2v) is 6.83. The number of benzene rings is 1. The number of rotatable bonds is 5. The summed E-state index contributed by atoms with van der Waals surface area (Å²) in [6, 6.07) is 9.68. The number of hydrogen-bond donors (Lipinski definition) is 1. The van der Waals surface area contributed by atoms with Crippen molar-refractivity contribution in [3.8, 4) is 0 Å². The topological polar surface area (TPSA) is 59.8 Å². The Labute approximate surface area is 148 Å². The van der Waals surface area contributed by atoms with Crippen molar-refractivity contribution in [1.82, 2.24) is 14.8 Å². The predicted octanol–water partition coefficient (Wildman–Crippen LogP) is 3.89. The third kappa shape index (κ3) is 3.71. The number of para-hydroxylation sites is 1. The van der Waals surface area contributed by atoms with Crippen LogP contribution in [-0.4, -0.2) is 20.7 Å². The zero-order valence-corrected chi connectivity index (χ0v) is 15.2. The molecule has 3 rings (SSSR count). The Balaban J connectivity index is 1.80. The average molecular weight is 336 g/mol. The van der Waals surface area contributed by atoms with Crippen LogP contribution in [0.1, 0.15) is 30.8 Å². The lowest BCUT2D eigenvalue weighted by Crippen LogP contribution is -2.16. The molecule has 0 saturated heterocycles. The highest BCUT2D eigenvalue weighted by atomic mass is 16.1. The highest BCUT2D eigenvalue weighted by molar-refractivity contribution is 6.00. The molecule has 0 bridgehead atoms. The minimum absolute atomic E-state index is 0.0477. The normalized spacial score (nSPS) is 11.2. The molecule has 1 amide bonds. The molecule has 0 atom stereocenters.